The third-order valence-corrected chi connectivity index (χ3v) is 5.36. The van der Waals surface area contributed by atoms with Crippen LogP contribution in [0.15, 0.2) is 42.6 Å². The maximum absolute atomic E-state index is 12.9. The fourth-order valence-corrected chi connectivity index (χ4v) is 3.66. The highest BCUT2D eigenvalue weighted by Gasteiger charge is 2.32. The van der Waals surface area contributed by atoms with E-state index in [0.29, 0.717) is 11.6 Å². The topological polar surface area (TPSA) is 57.8 Å². The second kappa shape index (κ2) is 6.36. The van der Waals surface area contributed by atoms with Gasteiger partial charge >= 0.3 is 0 Å². The molecule has 2 heterocycles. The molecular formula is C21H23N3O. The maximum atomic E-state index is 12.9. The molecule has 3 aromatic rings. The Hall–Kier alpha value is -2.62. The van der Waals surface area contributed by atoms with Gasteiger partial charge in [0.15, 0.2) is 0 Å². The van der Waals surface area contributed by atoms with Gasteiger partial charge in [0, 0.05) is 17.1 Å². The molecule has 0 spiro atoms. The smallest absolute Gasteiger partial charge is 0.268 e. The Morgan fingerprint density at radius 2 is 2.00 bits per heavy atom. The van der Waals surface area contributed by atoms with E-state index in [-0.39, 0.29) is 11.9 Å². The molecule has 2 N–H and O–H groups in total. The number of carbonyl (C=O) groups is 1. The van der Waals surface area contributed by atoms with Gasteiger partial charge < -0.3 is 10.3 Å². The van der Waals surface area contributed by atoms with Crippen LogP contribution in [0, 0.1) is 19.8 Å². The zero-order valence-corrected chi connectivity index (χ0v) is 14.7. The van der Waals surface area contributed by atoms with Crippen molar-refractivity contribution in [3.8, 4) is 0 Å². The molecule has 25 heavy (non-hydrogen) atoms. The molecule has 1 aromatic carbocycles. The number of carbonyl (C=O) groups excluding carboxylic acids is 1. The lowest BCUT2D eigenvalue weighted by atomic mass is 9.77. The number of benzene rings is 1. The van der Waals surface area contributed by atoms with Crippen molar-refractivity contribution in [1.29, 1.82) is 0 Å². The van der Waals surface area contributed by atoms with Crippen LogP contribution in [0.2, 0.25) is 0 Å². The molecule has 1 atom stereocenters. The molecule has 0 aliphatic heterocycles. The minimum Gasteiger partial charge on any atom is -0.350 e. The minimum atomic E-state index is -0.0578. The van der Waals surface area contributed by atoms with Gasteiger partial charge in [-0.25, -0.2) is 0 Å². The van der Waals surface area contributed by atoms with E-state index in [0.717, 1.165) is 40.6 Å². The Morgan fingerprint density at radius 3 is 2.68 bits per heavy atom. The van der Waals surface area contributed by atoms with E-state index in [4.69, 9.17) is 0 Å². The number of amides is 1. The van der Waals surface area contributed by atoms with Gasteiger partial charge in [-0.1, -0.05) is 30.7 Å². The van der Waals surface area contributed by atoms with Crippen molar-refractivity contribution in [3.05, 3.63) is 65.1 Å². The summed E-state index contributed by atoms with van der Waals surface area (Å²) in [5.41, 5.74) is 4.91. The van der Waals surface area contributed by atoms with Crippen LogP contribution >= 0.6 is 0 Å². The van der Waals surface area contributed by atoms with Gasteiger partial charge in [0.05, 0.1) is 11.7 Å². The van der Waals surface area contributed by atoms with Crippen molar-refractivity contribution in [1.82, 2.24) is 15.3 Å². The fraction of sp³-hybridized carbons (Fsp3) is 0.333. The summed E-state index contributed by atoms with van der Waals surface area (Å²) in [6.45, 7) is 4.11. The quantitative estimate of drug-likeness (QED) is 0.741. The number of aromatic amines is 1. The van der Waals surface area contributed by atoms with Crippen molar-refractivity contribution in [3.63, 3.8) is 0 Å². The summed E-state index contributed by atoms with van der Waals surface area (Å²) in [6, 6.07) is 12.0. The van der Waals surface area contributed by atoms with Crippen LogP contribution < -0.4 is 5.32 Å². The molecular weight excluding hydrogens is 310 g/mol. The highest BCUT2D eigenvalue weighted by Crippen LogP contribution is 2.38. The Kier molecular flexibility index (Phi) is 4.04. The highest BCUT2D eigenvalue weighted by molar-refractivity contribution is 5.98. The number of hydrogen-bond acceptors (Lipinski definition) is 2. The lowest BCUT2D eigenvalue weighted by molar-refractivity contribution is 0.0894. The van der Waals surface area contributed by atoms with E-state index in [9.17, 15) is 4.79 Å². The van der Waals surface area contributed by atoms with E-state index >= 15 is 0 Å². The van der Waals surface area contributed by atoms with Crippen molar-refractivity contribution in [2.45, 2.75) is 39.2 Å². The third kappa shape index (κ3) is 2.93. The maximum Gasteiger partial charge on any atom is 0.268 e. The number of nitrogens with zero attached hydrogens (tertiary/aromatic N) is 1. The number of H-pyrrole nitrogens is 1. The van der Waals surface area contributed by atoms with Crippen LogP contribution in [0.3, 0.4) is 0 Å². The molecule has 4 rings (SSSR count). The third-order valence-electron chi connectivity index (χ3n) is 5.36. The zero-order valence-electron chi connectivity index (χ0n) is 14.7. The number of aryl methyl sites for hydroxylation is 2. The number of aromatic nitrogens is 2. The van der Waals surface area contributed by atoms with Gasteiger partial charge in [0.2, 0.25) is 0 Å². The van der Waals surface area contributed by atoms with Crippen molar-refractivity contribution >= 4 is 16.8 Å². The van der Waals surface area contributed by atoms with E-state index in [1.54, 1.807) is 0 Å². The van der Waals surface area contributed by atoms with Crippen LogP contribution in [0.5, 0.6) is 0 Å². The standard InChI is InChI=1S/C21H23N3O/c1-13-6-3-10-16-12-17(23-18(13)16)21(25)24-20(15-8-4-9-15)19-14(2)7-5-11-22-19/h3,5-7,10-12,15,20,23H,4,8-9H2,1-2H3,(H,24,25). The van der Waals surface area contributed by atoms with Gasteiger partial charge in [-0.3, -0.25) is 9.78 Å². The first-order chi connectivity index (χ1) is 12.1. The summed E-state index contributed by atoms with van der Waals surface area (Å²) in [7, 11) is 0. The van der Waals surface area contributed by atoms with Gasteiger partial charge in [-0.2, -0.15) is 0 Å². The van der Waals surface area contributed by atoms with Crippen molar-refractivity contribution in [2.75, 3.05) is 0 Å². The first kappa shape index (κ1) is 15.9. The van der Waals surface area contributed by atoms with E-state index in [1.807, 2.05) is 30.5 Å². The molecule has 1 unspecified atom stereocenters. The van der Waals surface area contributed by atoms with Gasteiger partial charge in [-0.05, 0) is 55.9 Å². The van der Waals surface area contributed by atoms with E-state index < -0.39 is 0 Å². The van der Waals surface area contributed by atoms with Gasteiger partial charge in [0.25, 0.3) is 5.91 Å². The first-order valence-electron chi connectivity index (χ1n) is 8.94. The number of para-hydroxylation sites is 1. The molecule has 0 bridgehead atoms. The number of nitrogens with one attached hydrogen (secondary N) is 2. The van der Waals surface area contributed by atoms with Crippen molar-refractivity contribution in [2.24, 2.45) is 5.92 Å². The first-order valence-corrected chi connectivity index (χ1v) is 8.94. The Bertz CT molecular complexity index is 924. The molecule has 0 saturated heterocycles. The monoisotopic (exact) mass is 333 g/mol. The zero-order chi connectivity index (χ0) is 17.4. The lowest BCUT2D eigenvalue weighted by Gasteiger charge is -2.34. The molecule has 1 amide bonds. The van der Waals surface area contributed by atoms with Crippen LogP contribution in [0.1, 0.15) is 52.6 Å². The largest absolute Gasteiger partial charge is 0.350 e. The summed E-state index contributed by atoms with van der Waals surface area (Å²) < 4.78 is 0. The SMILES string of the molecule is Cc1cccnc1C(NC(=O)c1cc2cccc(C)c2[nH]1)C1CCC1. The second-order valence-corrected chi connectivity index (χ2v) is 7.07. The summed E-state index contributed by atoms with van der Waals surface area (Å²) in [4.78, 5) is 20.7. The number of pyridine rings is 1. The molecule has 1 aliphatic rings. The molecule has 4 heteroatoms. The van der Waals surface area contributed by atoms with Gasteiger partial charge in [-0.15, -0.1) is 0 Å². The minimum absolute atomic E-state index is 0.0186. The summed E-state index contributed by atoms with van der Waals surface area (Å²) in [5, 5.41) is 4.31. The predicted octanol–water partition coefficient (Wildman–Crippen LogP) is 4.45. The summed E-state index contributed by atoms with van der Waals surface area (Å²) >= 11 is 0. The Morgan fingerprint density at radius 1 is 1.20 bits per heavy atom. The van der Waals surface area contributed by atoms with E-state index in [1.165, 1.54) is 6.42 Å². The highest BCUT2D eigenvalue weighted by atomic mass is 16.1. The number of fused-ring (bicyclic) bond motifs is 1. The lowest BCUT2D eigenvalue weighted by Crippen LogP contribution is -2.37. The van der Waals surface area contributed by atoms with Gasteiger partial charge in [0.1, 0.15) is 5.69 Å². The van der Waals surface area contributed by atoms with Crippen LogP contribution in [0.4, 0.5) is 0 Å². The molecule has 1 saturated carbocycles. The molecule has 4 nitrogen and oxygen atoms in total. The van der Waals surface area contributed by atoms with Crippen LogP contribution in [-0.4, -0.2) is 15.9 Å². The number of rotatable bonds is 4. The average Bonchev–Trinajstić information content (AvgIpc) is 2.99. The average molecular weight is 333 g/mol. The van der Waals surface area contributed by atoms with Crippen molar-refractivity contribution < 1.29 is 4.79 Å². The molecule has 2 aromatic heterocycles. The van der Waals surface area contributed by atoms with Crippen LogP contribution in [0.25, 0.3) is 10.9 Å². The Labute approximate surface area is 147 Å². The molecule has 0 radical (unpaired) electrons. The number of hydrogen-bond donors (Lipinski definition) is 2. The normalized spacial score (nSPS) is 15.8. The molecule has 1 aliphatic carbocycles. The predicted molar refractivity (Wildman–Crippen MR) is 99.6 cm³/mol. The second-order valence-electron chi connectivity index (χ2n) is 7.07. The summed E-state index contributed by atoms with van der Waals surface area (Å²) in [6.07, 6.45) is 5.33. The van der Waals surface area contributed by atoms with Crippen LogP contribution in [-0.2, 0) is 0 Å². The summed E-state index contributed by atoms with van der Waals surface area (Å²) in [5.74, 6) is 0.418. The molecule has 128 valence electrons. The van der Waals surface area contributed by atoms with E-state index in [2.05, 4.69) is 41.3 Å². The Balaban J connectivity index is 1.64. The molecule has 1 fully saturated rings. The fourth-order valence-electron chi connectivity index (χ4n) is 3.66.